The molecule has 2 rings (SSSR count). The summed E-state index contributed by atoms with van der Waals surface area (Å²) in [4.78, 5) is 26.4. The monoisotopic (exact) mass is 530 g/mol. The average molecular weight is 531 g/mol. The quantitative estimate of drug-likeness (QED) is 0.469. The lowest BCUT2D eigenvalue weighted by Gasteiger charge is -2.43. The third kappa shape index (κ3) is 7.73. The number of aliphatic hydroxyl groups excluding tert-OH is 2. The van der Waals surface area contributed by atoms with Crippen molar-refractivity contribution >= 4 is 11.8 Å². The van der Waals surface area contributed by atoms with Crippen LogP contribution in [0.2, 0.25) is 0 Å². The van der Waals surface area contributed by atoms with Gasteiger partial charge in [0.1, 0.15) is 17.5 Å². The van der Waals surface area contributed by atoms with Gasteiger partial charge in [0.2, 0.25) is 0 Å². The van der Waals surface area contributed by atoms with Crippen LogP contribution < -0.4 is 0 Å². The summed E-state index contributed by atoms with van der Waals surface area (Å²) < 4.78 is 23.9. The summed E-state index contributed by atoms with van der Waals surface area (Å²) in [6, 6.07) is 0. The lowest BCUT2D eigenvalue weighted by Crippen LogP contribution is -2.56. The van der Waals surface area contributed by atoms with Crippen molar-refractivity contribution in [1.82, 2.24) is 0 Å². The number of aliphatic hydroxyl groups is 3. The van der Waals surface area contributed by atoms with Gasteiger partial charge in [-0.25, -0.2) is 0 Å². The Bertz CT molecular complexity index is 771. The number of carbonyl (C=O) groups excluding carboxylic acids is 2. The number of esters is 1. The molecule has 2 saturated heterocycles. The van der Waals surface area contributed by atoms with Crippen LogP contribution in [0.3, 0.4) is 0 Å². The van der Waals surface area contributed by atoms with E-state index in [1.807, 2.05) is 20.8 Å². The molecular formula is C28H50O9. The Balaban J connectivity index is 2.41. The molecule has 0 radical (unpaired) electrons. The van der Waals surface area contributed by atoms with Crippen LogP contribution in [-0.4, -0.2) is 82.2 Å². The van der Waals surface area contributed by atoms with E-state index < -0.39 is 65.6 Å². The zero-order valence-corrected chi connectivity index (χ0v) is 24.1. The number of ether oxygens (including phenoxy) is 4. The van der Waals surface area contributed by atoms with E-state index in [0.29, 0.717) is 19.3 Å². The van der Waals surface area contributed by atoms with Crippen LogP contribution in [-0.2, 0) is 28.5 Å². The zero-order valence-electron chi connectivity index (χ0n) is 24.1. The minimum absolute atomic E-state index is 0.111. The maximum absolute atomic E-state index is 13.4. The van der Waals surface area contributed by atoms with Crippen LogP contribution in [0.1, 0.15) is 87.5 Å². The molecule has 0 aliphatic carbocycles. The predicted molar refractivity (Wildman–Crippen MR) is 138 cm³/mol. The number of carbonyl (C=O) groups is 2. The molecule has 12 atom stereocenters. The minimum atomic E-state index is -1.86. The molecule has 0 aromatic heterocycles. The molecule has 0 aromatic rings. The Kier molecular flexibility index (Phi) is 11.1. The van der Waals surface area contributed by atoms with Gasteiger partial charge in [0.15, 0.2) is 6.29 Å². The second-order valence-electron chi connectivity index (χ2n) is 12.0. The molecular weight excluding hydrogens is 480 g/mol. The van der Waals surface area contributed by atoms with Gasteiger partial charge in [0.25, 0.3) is 0 Å². The molecule has 2 aliphatic heterocycles. The van der Waals surface area contributed by atoms with Crippen molar-refractivity contribution in [1.29, 1.82) is 0 Å². The number of Topliss-reactive ketones (excluding diaryl/α,β-unsaturated/α-hetero) is 1. The average Bonchev–Trinajstić information content (AvgIpc) is 2.82. The molecule has 0 spiro atoms. The van der Waals surface area contributed by atoms with Crippen molar-refractivity contribution in [2.24, 2.45) is 23.7 Å². The third-order valence-corrected chi connectivity index (χ3v) is 8.49. The fourth-order valence-corrected chi connectivity index (χ4v) is 6.05. The summed E-state index contributed by atoms with van der Waals surface area (Å²) >= 11 is 0. The maximum Gasteiger partial charge on any atom is 0.311 e. The first kappa shape index (κ1) is 32.1. The topological polar surface area (TPSA) is 132 Å². The SMILES string of the molecule is CC[C@H]1OC(=O)[C@H](C)[C@@H](O[C@H]2C[C@@](C)(OC)C[C@H](C)O2)[C@H](C)C[C@H](O)C[C@@H](C)C(=O)[C@H](C)[C@@H](O)[C@]1(C)O. The highest BCUT2D eigenvalue weighted by Crippen LogP contribution is 2.36. The summed E-state index contributed by atoms with van der Waals surface area (Å²) in [5.41, 5.74) is -2.29. The molecule has 216 valence electrons. The van der Waals surface area contributed by atoms with Gasteiger partial charge in [0.05, 0.1) is 35.9 Å². The van der Waals surface area contributed by atoms with Gasteiger partial charge in [-0.1, -0.05) is 27.7 Å². The molecule has 2 aliphatic rings. The maximum atomic E-state index is 13.4. The van der Waals surface area contributed by atoms with Crippen LogP contribution in [0, 0.1) is 23.7 Å². The van der Waals surface area contributed by atoms with Crippen molar-refractivity contribution in [3.8, 4) is 0 Å². The van der Waals surface area contributed by atoms with E-state index in [1.54, 1.807) is 34.8 Å². The van der Waals surface area contributed by atoms with Crippen LogP contribution in [0.5, 0.6) is 0 Å². The minimum Gasteiger partial charge on any atom is -0.459 e. The molecule has 0 saturated carbocycles. The van der Waals surface area contributed by atoms with E-state index in [2.05, 4.69) is 0 Å². The fraction of sp³-hybridized carbons (Fsp3) is 0.929. The van der Waals surface area contributed by atoms with Crippen LogP contribution in [0.15, 0.2) is 0 Å². The smallest absolute Gasteiger partial charge is 0.311 e. The van der Waals surface area contributed by atoms with E-state index in [4.69, 9.17) is 18.9 Å². The van der Waals surface area contributed by atoms with Gasteiger partial charge in [-0.15, -0.1) is 0 Å². The standard InChI is InChI=1S/C28H50O9/c1-10-21-28(8,33)25(31)18(5)23(30)15(2)11-20(29)12-16(3)24(19(6)26(32)36-21)37-22-14-27(7,34-9)13-17(4)35-22/h15-22,24-25,29,31,33H,10-14H2,1-9H3/t15-,16-,17+,18+,19-,20-,21-,22+,24+,25-,27+,28-/m1/s1. The van der Waals surface area contributed by atoms with Crippen molar-refractivity contribution < 1.29 is 43.9 Å². The van der Waals surface area contributed by atoms with E-state index >= 15 is 0 Å². The number of hydrogen-bond donors (Lipinski definition) is 3. The van der Waals surface area contributed by atoms with E-state index in [0.717, 1.165) is 0 Å². The second kappa shape index (κ2) is 12.8. The van der Waals surface area contributed by atoms with Gasteiger partial charge < -0.3 is 34.3 Å². The summed E-state index contributed by atoms with van der Waals surface area (Å²) in [6.45, 7) is 14.0. The van der Waals surface area contributed by atoms with E-state index in [9.17, 15) is 24.9 Å². The zero-order chi connectivity index (χ0) is 28.3. The van der Waals surface area contributed by atoms with Crippen molar-refractivity contribution in [2.75, 3.05) is 7.11 Å². The number of ketones is 1. The predicted octanol–water partition coefficient (Wildman–Crippen LogP) is 3.00. The van der Waals surface area contributed by atoms with E-state index in [1.165, 1.54) is 6.92 Å². The molecule has 9 nitrogen and oxygen atoms in total. The number of rotatable bonds is 4. The first-order valence-corrected chi connectivity index (χ1v) is 13.7. The highest BCUT2D eigenvalue weighted by Gasteiger charge is 2.47. The molecule has 0 aromatic carbocycles. The normalized spacial score (nSPS) is 47.2. The van der Waals surface area contributed by atoms with Crippen molar-refractivity contribution in [2.45, 2.75) is 136 Å². The fourth-order valence-electron chi connectivity index (χ4n) is 6.05. The molecule has 9 heteroatoms. The van der Waals surface area contributed by atoms with Crippen molar-refractivity contribution in [3.05, 3.63) is 0 Å². The van der Waals surface area contributed by atoms with Gasteiger partial charge in [-0.2, -0.15) is 0 Å². The Labute approximate surface area is 222 Å². The number of cyclic esters (lactones) is 1. The Morgan fingerprint density at radius 2 is 1.62 bits per heavy atom. The van der Waals surface area contributed by atoms with Crippen molar-refractivity contribution in [3.63, 3.8) is 0 Å². The molecule has 2 fully saturated rings. The second-order valence-corrected chi connectivity index (χ2v) is 12.0. The van der Waals surface area contributed by atoms with Gasteiger partial charge >= 0.3 is 5.97 Å². The van der Waals surface area contributed by atoms with E-state index in [-0.39, 0.29) is 30.6 Å². The summed E-state index contributed by atoms with van der Waals surface area (Å²) in [5, 5.41) is 33.1. The van der Waals surface area contributed by atoms with Gasteiger partial charge in [-0.05, 0) is 52.9 Å². The summed E-state index contributed by atoms with van der Waals surface area (Å²) in [7, 11) is 1.66. The molecule has 0 unspecified atom stereocenters. The Morgan fingerprint density at radius 1 is 1.00 bits per heavy atom. The number of methoxy groups -OCH3 is 1. The third-order valence-electron chi connectivity index (χ3n) is 8.49. The molecule has 2 heterocycles. The first-order valence-electron chi connectivity index (χ1n) is 13.7. The largest absolute Gasteiger partial charge is 0.459 e. The van der Waals surface area contributed by atoms with Gasteiger partial charge in [0, 0.05) is 31.8 Å². The number of hydrogen-bond acceptors (Lipinski definition) is 9. The lowest BCUT2D eigenvalue weighted by molar-refractivity contribution is -0.265. The summed E-state index contributed by atoms with van der Waals surface area (Å²) in [6.07, 6.45) is -2.79. The molecule has 0 bridgehead atoms. The van der Waals surface area contributed by atoms with Crippen LogP contribution in [0.4, 0.5) is 0 Å². The highest BCUT2D eigenvalue weighted by atomic mass is 16.7. The van der Waals surface area contributed by atoms with Crippen LogP contribution >= 0.6 is 0 Å². The highest BCUT2D eigenvalue weighted by molar-refractivity contribution is 5.83. The van der Waals surface area contributed by atoms with Crippen LogP contribution in [0.25, 0.3) is 0 Å². The Hall–Kier alpha value is -1.10. The van der Waals surface area contributed by atoms with Gasteiger partial charge in [-0.3, -0.25) is 9.59 Å². The molecule has 0 amide bonds. The molecule has 37 heavy (non-hydrogen) atoms. The lowest BCUT2D eigenvalue weighted by atomic mass is 9.78. The molecule has 3 N–H and O–H groups in total. The first-order chi connectivity index (χ1) is 17.1. The summed E-state index contributed by atoms with van der Waals surface area (Å²) in [5.74, 6) is -3.32. The Morgan fingerprint density at radius 3 is 2.19 bits per heavy atom.